The van der Waals surface area contributed by atoms with Gasteiger partial charge in [0.05, 0.1) is 48.6 Å². The van der Waals surface area contributed by atoms with E-state index in [4.69, 9.17) is 42.6 Å². The van der Waals surface area contributed by atoms with Crippen LogP contribution in [0.3, 0.4) is 0 Å². The van der Waals surface area contributed by atoms with Gasteiger partial charge in [0.2, 0.25) is 5.79 Å². The Morgan fingerprint density at radius 3 is 2.39 bits per heavy atom. The van der Waals surface area contributed by atoms with Crippen LogP contribution in [0.2, 0.25) is 0 Å². The number of hydrogen-bond donors (Lipinski definition) is 4. The van der Waals surface area contributed by atoms with Gasteiger partial charge in [0, 0.05) is 38.5 Å². The van der Waals surface area contributed by atoms with Crippen LogP contribution in [-0.2, 0) is 52.2 Å². The molecule has 0 aromatic carbocycles. The molecule has 15 nitrogen and oxygen atoms in total. The normalized spacial score (nSPS) is 55.0. The van der Waals surface area contributed by atoms with Crippen LogP contribution in [0.15, 0.2) is 23.8 Å². The number of aliphatic hydroxyl groups excluding tert-OH is 3. The highest BCUT2D eigenvalue weighted by atomic mass is 16.8. The molecule has 9 heterocycles. The van der Waals surface area contributed by atoms with Crippen LogP contribution in [0.4, 0.5) is 0 Å². The van der Waals surface area contributed by atoms with Gasteiger partial charge in [-0.25, -0.2) is 0 Å². The van der Waals surface area contributed by atoms with Gasteiger partial charge >= 0.3 is 5.97 Å². The molecule has 0 radical (unpaired) electrons. The van der Waals surface area contributed by atoms with Crippen molar-refractivity contribution in [2.75, 3.05) is 13.2 Å². The predicted molar refractivity (Wildman–Crippen MR) is 219 cm³/mol. The van der Waals surface area contributed by atoms with Gasteiger partial charge in [0.1, 0.15) is 48.3 Å². The minimum absolute atomic E-state index is 0.0379. The first-order valence-electron chi connectivity index (χ1n) is 23.5. The molecule has 62 heavy (non-hydrogen) atoms. The maximum atomic E-state index is 14.1. The second kappa shape index (κ2) is 16.5. The Bertz CT molecular complexity index is 1770. The molecular formula is C47H70O15. The highest BCUT2D eigenvalue weighted by Crippen LogP contribution is 2.55. The maximum Gasteiger partial charge on any atom is 0.311 e. The first kappa shape index (κ1) is 45.3. The van der Waals surface area contributed by atoms with E-state index in [2.05, 4.69) is 19.9 Å². The zero-order chi connectivity index (χ0) is 44.0. The van der Waals surface area contributed by atoms with Crippen molar-refractivity contribution in [3.8, 4) is 0 Å². The fraction of sp³-hybridized carbons (Fsp3) is 0.872. The Hall–Kier alpha value is -1.86. The van der Waals surface area contributed by atoms with Gasteiger partial charge in [-0.3, -0.25) is 9.59 Å². The number of allylic oxidation sites excluding steroid dienone is 3. The van der Waals surface area contributed by atoms with Crippen molar-refractivity contribution in [2.24, 2.45) is 17.8 Å². The zero-order valence-electron chi connectivity index (χ0n) is 37.3. The lowest BCUT2D eigenvalue weighted by Crippen LogP contribution is -2.59. The van der Waals surface area contributed by atoms with E-state index in [1.54, 1.807) is 13.8 Å². The van der Waals surface area contributed by atoms with Crippen LogP contribution in [0.5, 0.6) is 0 Å². The molecule has 9 aliphatic heterocycles. The van der Waals surface area contributed by atoms with Crippen molar-refractivity contribution >= 4 is 11.8 Å². The molecular weight excluding hydrogens is 805 g/mol. The third kappa shape index (κ3) is 8.09. The minimum atomic E-state index is -1.97. The number of ketones is 1. The van der Waals surface area contributed by atoms with Crippen LogP contribution in [0.1, 0.15) is 131 Å². The third-order valence-electron chi connectivity index (χ3n) is 16.0. The Morgan fingerprint density at radius 2 is 1.60 bits per heavy atom. The quantitative estimate of drug-likeness (QED) is 0.288. The predicted octanol–water partition coefficient (Wildman–Crippen LogP) is 4.23. The summed E-state index contributed by atoms with van der Waals surface area (Å²) < 4.78 is 58.8. The highest BCUT2D eigenvalue weighted by Gasteiger charge is 2.66. The third-order valence-corrected chi connectivity index (χ3v) is 16.0. The minimum Gasteiger partial charge on any atom is -0.459 e. The fourth-order valence-electron chi connectivity index (χ4n) is 12.5. The molecule has 4 N–H and O–H groups in total. The van der Waals surface area contributed by atoms with Crippen molar-refractivity contribution in [2.45, 2.75) is 227 Å². The topological polar surface area (TPSA) is 198 Å². The molecule has 9 aliphatic rings. The smallest absolute Gasteiger partial charge is 0.311 e. The second-order valence-electron chi connectivity index (χ2n) is 21.2. The number of ether oxygens (including phenoxy) is 9. The standard InChI is InChI=1S/C47H70O15/c1-26-9-10-32-34(21-37(55-32)47(53)39(50)28(3)13-19-54-47)56-41(52)29(4)31-8-7-14-45(57-31)16-11-33(58-45)40(51)43(6)23-30(49)38(61-43)35-24-44(25-48)17-18-46(59-35,62-44)36-12-15-42(5,60-36)22-27(2)20-26/h9-10,20,27-29,31-40,48,50-51,53H,7-8,11-19,21-25H2,1-6H3/b10-9+,26-20+/t27-,28+,29+,31-,32+,33-,34?,35+,36+,37-,38-,39+,40-,42+,43+,44+,45?,46?,47+/m0/s1. The summed E-state index contributed by atoms with van der Waals surface area (Å²) in [5.41, 5.74) is -1.73. The second-order valence-corrected chi connectivity index (χ2v) is 21.2. The first-order chi connectivity index (χ1) is 29.3. The maximum absolute atomic E-state index is 14.1. The summed E-state index contributed by atoms with van der Waals surface area (Å²) in [5.74, 6) is -5.63. The zero-order valence-corrected chi connectivity index (χ0v) is 37.3. The van der Waals surface area contributed by atoms with E-state index >= 15 is 0 Å². The largest absolute Gasteiger partial charge is 0.459 e. The van der Waals surface area contributed by atoms with Gasteiger partial charge in [-0.1, -0.05) is 37.6 Å². The summed E-state index contributed by atoms with van der Waals surface area (Å²) in [7, 11) is 0. The van der Waals surface area contributed by atoms with Crippen LogP contribution in [0, 0.1) is 17.8 Å². The monoisotopic (exact) mass is 874 g/mol. The van der Waals surface area contributed by atoms with E-state index in [1.807, 2.05) is 26.0 Å². The average molecular weight is 875 g/mol. The van der Waals surface area contributed by atoms with Crippen LogP contribution in [0.25, 0.3) is 0 Å². The SMILES string of the molecule is CC1=C\[C@H](C)C[C@@]2(C)CC[C@@H](O2)C23CC[C@](CO)(C[C@@H](O2)[C@H]2O[C@](C)(CC2=O)[C@@H](O)[C@@H]2CCC4(CCC[C@H](O4)[C@@H](C)C(=O)OC4C[C@@H]([C@@]5(O)OCC[C@@H](C)[C@H]5O)O[C@@H]4\C=C\1)O2)O3. The molecule has 0 amide bonds. The molecule has 8 saturated heterocycles. The van der Waals surface area contributed by atoms with Crippen molar-refractivity contribution in [3.05, 3.63) is 23.8 Å². The summed E-state index contributed by atoms with van der Waals surface area (Å²) in [6.45, 7) is 11.7. The molecule has 10 bridgehead atoms. The average Bonchev–Trinajstić information content (AvgIpc) is 4.06. The molecule has 348 valence electrons. The Labute approximate surface area is 365 Å². The van der Waals surface area contributed by atoms with Crippen molar-refractivity contribution in [1.29, 1.82) is 0 Å². The lowest BCUT2D eigenvalue weighted by molar-refractivity contribution is -0.365. The van der Waals surface area contributed by atoms with E-state index in [1.165, 1.54) is 0 Å². The van der Waals surface area contributed by atoms with Gasteiger partial charge in [-0.05, 0) is 90.9 Å². The molecule has 0 aliphatic carbocycles. The van der Waals surface area contributed by atoms with Crippen LogP contribution in [-0.4, -0.2) is 141 Å². The molecule has 8 fully saturated rings. The van der Waals surface area contributed by atoms with Crippen LogP contribution < -0.4 is 0 Å². The molecule has 3 unspecified atom stereocenters. The number of carbonyl (C=O) groups excluding carboxylic acids is 2. The molecule has 0 aromatic heterocycles. The number of esters is 1. The Morgan fingerprint density at radius 1 is 0.806 bits per heavy atom. The number of carbonyl (C=O) groups is 2. The highest BCUT2D eigenvalue weighted by molar-refractivity contribution is 5.86. The van der Waals surface area contributed by atoms with E-state index in [0.29, 0.717) is 57.8 Å². The summed E-state index contributed by atoms with van der Waals surface area (Å²) in [6, 6.07) is 0. The number of aliphatic hydroxyl groups is 4. The van der Waals surface area contributed by atoms with Gasteiger partial charge in [0.25, 0.3) is 0 Å². The number of rotatable bonds is 2. The van der Waals surface area contributed by atoms with Gasteiger partial charge < -0.3 is 63.1 Å². The fourth-order valence-corrected chi connectivity index (χ4v) is 12.5. The van der Waals surface area contributed by atoms with Crippen LogP contribution >= 0.6 is 0 Å². The van der Waals surface area contributed by atoms with Crippen molar-refractivity contribution in [1.82, 2.24) is 0 Å². The van der Waals surface area contributed by atoms with Gasteiger partial charge in [0.15, 0.2) is 17.4 Å². The molecule has 2 spiro atoms. The molecule has 0 aromatic rings. The first-order valence-corrected chi connectivity index (χ1v) is 23.5. The van der Waals surface area contributed by atoms with E-state index < -0.39 is 107 Å². The van der Waals surface area contributed by atoms with Gasteiger partial charge in [-0.15, -0.1) is 0 Å². The summed E-state index contributed by atoms with van der Waals surface area (Å²) >= 11 is 0. The Balaban J connectivity index is 1.01. The lowest BCUT2D eigenvalue weighted by atomic mass is 9.87. The molecule has 0 saturated carbocycles. The molecule has 9 rings (SSSR count). The Kier molecular flexibility index (Phi) is 12.0. The molecule has 19 atom stereocenters. The van der Waals surface area contributed by atoms with E-state index in [9.17, 15) is 30.0 Å². The summed E-state index contributed by atoms with van der Waals surface area (Å²) in [5, 5.41) is 45.5. The van der Waals surface area contributed by atoms with E-state index in [0.717, 1.165) is 18.4 Å². The van der Waals surface area contributed by atoms with Gasteiger partial charge in [-0.2, -0.15) is 0 Å². The van der Waals surface area contributed by atoms with Crippen molar-refractivity contribution in [3.63, 3.8) is 0 Å². The van der Waals surface area contributed by atoms with E-state index in [-0.39, 0.29) is 50.1 Å². The summed E-state index contributed by atoms with van der Waals surface area (Å²) in [6.07, 6.45) is 4.76. The molecule has 15 heteroatoms. The number of fused-ring (bicyclic) bond motifs is 10. The lowest BCUT2D eigenvalue weighted by Gasteiger charge is -2.47. The number of Topliss-reactive ketones (excluding diaryl/α,β-unsaturated/α-hetero) is 1. The number of hydrogen-bond acceptors (Lipinski definition) is 15. The summed E-state index contributed by atoms with van der Waals surface area (Å²) in [4.78, 5) is 28.0. The van der Waals surface area contributed by atoms with Crippen molar-refractivity contribution < 1.29 is 72.6 Å².